The topological polar surface area (TPSA) is 112 Å². The van der Waals surface area contributed by atoms with Crippen molar-refractivity contribution in [2.24, 2.45) is 0 Å². The van der Waals surface area contributed by atoms with E-state index in [0.717, 1.165) is 55.3 Å². The second kappa shape index (κ2) is 9.82. The summed E-state index contributed by atoms with van der Waals surface area (Å²) < 4.78 is 1.65. The van der Waals surface area contributed by atoms with Crippen LogP contribution in [0.3, 0.4) is 0 Å². The first-order valence-corrected chi connectivity index (χ1v) is 11.1. The van der Waals surface area contributed by atoms with Gasteiger partial charge >= 0.3 is 5.97 Å². The molecule has 1 amide bonds. The van der Waals surface area contributed by atoms with Crippen molar-refractivity contribution < 1.29 is 14.7 Å². The molecule has 7 heteroatoms. The number of pyridine rings is 1. The van der Waals surface area contributed by atoms with Crippen LogP contribution in [0.5, 0.6) is 0 Å². The molecular weight excluding hydrogens is 406 g/mol. The number of amides is 1. The summed E-state index contributed by atoms with van der Waals surface area (Å²) in [6, 6.07) is 10.8. The number of benzene rings is 1. The Bertz CT molecular complexity index is 1110. The predicted molar refractivity (Wildman–Crippen MR) is 121 cm³/mol. The fraction of sp³-hybridized carbons (Fsp3) is 0.440. The van der Waals surface area contributed by atoms with Gasteiger partial charge in [0.05, 0.1) is 18.2 Å². The van der Waals surface area contributed by atoms with Crippen molar-refractivity contribution in [3.63, 3.8) is 0 Å². The zero-order valence-electron chi connectivity index (χ0n) is 18.6. The van der Waals surface area contributed by atoms with E-state index < -0.39 is 23.0 Å². The van der Waals surface area contributed by atoms with Gasteiger partial charge < -0.3 is 15.0 Å². The Kier molecular flexibility index (Phi) is 7.14. The van der Waals surface area contributed by atoms with Gasteiger partial charge in [-0.3, -0.25) is 9.59 Å². The molecule has 2 aromatic rings. The van der Waals surface area contributed by atoms with Gasteiger partial charge in [0.1, 0.15) is 11.1 Å². The number of nitrogens with one attached hydrogen (secondary N) is 1. The van der Waals surface area contributed by atoms with Gasteiger partial charge in [0.25, 0.3) is 11.5 Å². The van der Waals surface area contributed by atoms with Crippen molar-refractivity contribution in [3.8, 4) is 6.07 Å². The third-order valence-electron chi connectivity index (χ3n) is 6.34. The van der Waals surface area contributed by atoms with Crippen LogP contribution in [0.2, 0.25) is 0 Å². The van der Waals surface area contributed by atoms with Gasteiger partial charge in [0, 0.05) is 5.69 Å². The lowest BCUT2D eigenvalue weighted by Crippen LogP contribution is -2.53. The Hall–Kier alpha value is -3.40. The van der Waals surface area contributed by atoms with Crippen LogP contribution in [-0.4, -0.2) is 27.1 Å². The molecule has 3 rings (SSSR count). The van der Waals surface area contributed by atoms with E-state index in [0.29, 0.717) is 5.56 Å². The number of hydrogen-bond donors (Lipinski definition) is 2. The van der Waals surface area contributed by atoms with Gasteiger partial charge in [-0.25, -0.2) is 4.79 Å². The van der Waals surface area contributed by atoms with Crippen LogP contribution in [0.4, 0.5) is 0 Å². The SMILES string of the molecule is CCC(C)(NC(=O)c1cc2c(n(Cc3ccc(C#N)cc3)c1=O)CCCCCC2)C(=O)O. The monoisotopic (exact) mass is 435 g/mol. The molecule has 0 saturated heterocycles. The standard InChI is InChI=1S/C25H29N3O4/c1-3-25(2,24(31)32)27-22(29)20-14-19-8-6-4-5-7-9-21(19)28(23(20)30)16-18-12-10-17(15-26)11-13-18/h10-14H,3-9,16H2,1-2H3,(H,27,29)(H,31,32). The van der Waals surface area contributed by atoms with E-state index in [1.54, 1.807) is 29.7 Å². The maximum absolute atomic E-state index is 13.5. The Balaban J connectivity index is 2.08. The molecule has 0 aliphatic heterocycles. The van der Waals surface area contributed by atoms with Crippen LogP contribution in [0.15, 0.2) is 35.1 Å². The number of aliphatic carboxylic acids is 1. The molecule has 2 N–H and O–H groups in total. The predicted octanol–water partition coefficient (Wildman–Crippen LogP) is 3.41. The highest BCUT2D eigenvalue weighted by atomic mass is 16.4. The van der Waals surface area contributed by atoms with E-state index in [1.807, 2.05) is 12.1 Å². The summed E-state index contributed by atoms with van der Waals surface area (Å²) in [7, 11) is 0. The molecule has 1 aromatic carbocycles. The maximum Gasteiger partial charge on any atom is 0.329 e. The van der Waals surface area contributed by atoms with Gasteiger partial charge in [-0.15, -0.1) is 0 Å². The highest BCUT2D eigenvalue weighted by molar-refractivity contribution is 5.97. The molecule has 0 fully saturated rings. The summed E-state index contributed by atoms with van der Waals surface area (Å²) in [5.74, 6) is -1.81. The molecule has 0 saturated carbocycles. The van der Waals surface area contributed by atoms with Crippen molar-refractivity contribution in [1.82, 2.24) is 9.88 Å². The Morgan fingerprint density at radius 2 is 1.81 bits per heavy atom. The van der Waals surface area contributed by atoms with Crippen molar-refractivity contribution in [2.45, 2.75) is 70.9 Å². The van der Waals surface area contributed by atoms with Crippen LogP contribution in [0.1, 0.15) is 78.7 Å². The highest BCUT2D eigenvalue weighted by Gasteiger charge is 2.34. The highest BCUT2D eigenvalue weighted by Crippen LogP contribution is 2.22. The number of nitriles is 1. The number of hydrogen-bond acceptors (Lipinski definition) is 4. The number of carboxylic acid groups (broad SMARTS) is 1. The number of fused-ring (bicyclic) bond motifs is 1. The zero-order valence-corrected chi connectivity index (χ0v) is 18.6. The molecule has 1 atom stereocenters. The van der Waals surface area contributed by atoms with Crippen molar-refractivity contribution in [1.29, 1.82) is 5.26 Å². The number of nitrogens with zero attached hydrogens (tertiary/aromatic N) is 2. The second-order valence-electron chi connectivity index (χ2n) is 8.59. The lowest BCUT2D eigenvalue weighted by atomic mass is 9.94. The molecule has 0 spiro atoms. The van der Waals surface area contributed by atoms with Crippen molar-refractivity contribution in [3.05, 3.63) is 68.6 Å². The van der Waals surface area contributed by atoms with Crippen LogP contribution in [0.25, 0.3) is 0 Å². The van der Waals surface area contributed by atoms with Crippen LogP contribution >= 0.6 is 0 Å². The first kappa shape index (κ1) is 23.3. The fourth-order valence-corrected chi connectivity index (χ4v) is 4.04. The molecule has 7 nitrogen and oxygen atoms in total. The average Bonchev–Trinajstić information content (AvgIpc) is 2.76. The smallest absolute Gasteiger partial charge is 0.329 e. The largest absolute Gasteiger partial charge is 0.480 e. The van der Waals surface area contributed by atoms with Crippen molar-refractivity contribution in [2.75, 3.05) is 0 Å². The van der Waals surface area contributed by atoms with Crippen LogP contribution < -0.4 is 10.9 Å². The molecule has 1 aromatic heterocycles. The van der Waals surface area contributed by atoms with E-state index in [1.165, 1.54) is 6.92 Å². The number of rotatable bonds is 6. The number of carbonyl (C=O) groups is 2. The third-order valence-corrected chi connectivity index (χ3v) is 6.34. The Morgan fingerprint density at radius 3 is 2.41 bits per heavy atom. The average molecular weight is 436 g/mol. The number of carboxylic acids is 1. The minimum Gasteiger partial charge on any atom is -0.480 e. The summed E-state index contributed by atoms with van der Waals surface area (Å²) in [6.07, 6.45) is 5.86. The molecule has 1 heterocycles. The minimum atomic E-state index is -1.45. The number of aryl methyl sites for hydroxylation is 1. The first-order valence-electron chi connectivity index (χ1n) is 11.1. The molecule has 168 valence electrons. The van der Waals surface area contributed by atoms with Gasteiger partial charge in [-0.1, -0.05) is 31.9 Å². The molecule has 0 bridgehead atoms. The second-order valence-corrected chi connectivity index (χ2v) is 8.59. The van der Waals surface area contributed by atoms with Crippen LogP contribution in [0, 0.1) is 11.3 Å². The van der Waals surface area contributed by atoms with E-state index in [4.69, 9.17) is 5.26 Å². The van der Waals surface area contributed by atoms with Crippen LogP contribution in [-0.2, 0) is 24.2 Å². The van der Waals surface area contributed by atoms with Gasteiger partial charge in [0.15, 0.2) is 0 Å². The van der Waals surface area contributed by atoms with E-state index in [2.05, 4.69) is 11.4 Å². The molecule has 32 heavy (non-hydrogen) atoms. The first-order chi connectivity index (χ1) is 15.3. The Labute approximate surface area is 187 Å². The fourth-order valence-electron chi connectivity index (χ4n) is 4.04. The quantitative estimate of drug-likeness (QED) is 0.722. The number of aromatic nitrogens is 1. The summed E-state index contributed by atoms with van der Waals surface area (Å²) in [5, 5.41) is 21.1. The van der Waals surface area contributed by atoms with E-state index in [-0.39, 0.29) is 18.5 Å². The summed E-state index contributed by atoms with van der Waals surface area (Å²) in [6.45, 7) is 3.41. The molecule has 0 radical (unpaired) electrons. The van der Waals surface area contributed by atoms with Crippen molar-refractivity contribution >= 4 is 11.9 Å². The lowest BCUT2D eigenvalue weighted by Gasteiger charge is -2.26. The third kappa shape index (κ3) is 4.91. The van der Waals surface area contributed by atoms with Gasteiger partial charge in [-0.05, 0) is 68.4 Å². The lowest BCUT2D eigenvalue weighted by molar-refractivity contribution is -0.143. The minimum absolute atomic E-state index is 0.0288. The van der Waals surface area contributed by atoms with Gasteiger partial charge in [-0.2, -0.15) is 5.26 Å². The number of carbonyl (C=O) groups excluding carboxylic acids is 1. The molecule has 1 aliphatic rings. The summed E-state index contributed by atoms with van der Waals surface area (Å²) >= 11 is 0. The van der Waals surface area contributed by atoms with E-state index >= 15 is 0 Å². The zero-order chi connectivity index (χ0) is 23.3. The Morgan fingerprint density at radius 1 is 1.16 bits per heavy atom. The maximum atomic E-state index is 13.5. The summed E-state index contributed by atoms with van der Waals surface area (Å²) in [5.41, 5.74) is 1.40. The molecule has 1 unspecified atom stereocenters. The summed E-state index contributed by atoms with van der Waals surface area (Å²) in [4.78, 5) is 38.2. The van der Waals surface area contributed by atoms with Gasteiger partial charge in [0.2, 0.25) is 0 Å². The molecular formula is C25H29N3O4. The molecule has 1 aliphatic carbocycles. The van der Waals surface area contributed by atoms with E-state index in [9.17, 15) is 19.5 Å². The normalized spacial score (nSPS) is 15.4.